The summed E-state index contributed by atoms with van der Waals surface area (Å²) < 4.78 is 31.5. The molecule has 212 valence electrons. The Bertz CT molecular complexity index is 1110. The highest BCUT2D eigenvalue weighted by Crippen LogP contribution is 2.36. The second-order valence-electron chi connectivity index (χ2n) is 11.7. The molecule has 1 aromatic carbocycles. The van der Waals surface area contributed by atoms with Crippen molar-refractivity contribution < 1.29 is 33.0 Å². The Morgan fingerprint density at radius 1 is 1.08 bits per heavy atom. The second kappa shape index (κ2) is 13.0. The van der Waals surface area contributed by atoms with E-state index >= 15 is 0 Å². The van der Waals surface area contributed by atoms with Gasteiger partial charge >= 0.3 is 12.1 Å². The maximum Gasteiger partial charge on any atom is 0.413 e. The number of carboxylic acids is 1. The fourth-order valence-electron chi connectivity index (χ4n) is 3.18. The van der Waals surface area contributed by atoms with Crippen LogP contribution in [0.2, 0.25) is 18.1 Å². The third-order valence-corrected chi connectivity index (χ3v) is 11.8. The first-order chi connectivity index (χ1) is 17.5. The maximum atomic E-state index is 14.6. The lowest BCUT2D eigenvalue weighted by atomic mass is 10.1. The van der Waals surface area contributed by atoms with Crippen LogP contribution in [0, 0.1) is 5.82 Å². The molecule has 0 aliphatic heterocycles. The molecule has 2 aromatic rings. The van der Waals surface area contributed by atoms with Gasteiger partial charge in [-0.1, -0.05) is 26.8 Å². The molecule has 0 saturated heterocycles. The smallest absolute Gasteiger partial charge is 0.413 e. The Hall–Kier alpha value is -2.50. The zero-order chi connectivity index (χ0) is 28.7. The van der Waals surface area contributed by atoms with E-state index in [-0.39, 0.29) is 28.2 Å². The minimum absolute atomic E-state index is 0.130. The third-order valence-electron chi connectivity index (χ3n) is 6.19. The number of hydrogen-bond acceptors (Lipinski definition) is 7. The fourth-order valence-corrected chi connectivity index (χ4v) is 5.25. The van der Waals surface area contributed by atoms with Gasteiger partial charge in [-0.2, -0.15) is 0 Å². The van der Waals surface area contributed by atoms with E-state index in [1.165, 1.54) is 6.07 Å². The predicted molar refractivity (Wildman–Crippen MR) is 151 cm³/mol. The van der Waals surface area contributed by atoms with Crippen molar-refractivity contribution in [3.63, 3.8) is 0 Å². The monoisotopic (exact) mass is 568 g/mol. The Morgan fingerprint density at radius 2 is 1.74 bits per heavy atom. The predicted octanol–water partition coefficient (Wildman–Crippen LogP) is 7.29. The largest absolute Gasteiger partial charge is 0.491 e. The van der Waals surface area contributed by atoms with E-state index in [1.807, 2.05) is 6.07 Å². The molecule has 0 aliphatic carbocycles. The third kappa shape index (κ3) is 9.99. The molecule has 0 atom stereocenters. The molecular formula is C27H41FN2O6SSi. The lowest BCUT2D eigenvalue weighted by Gasteiger charge is -2.36. The Labute approximate surface area is 230 Å². The molecule has 0 radical (unpaired) electrons. The number of thiazole rings is 1. The van der Waals surface area contributed by atoms with Crippen molar-refractivity contribution in [2.75, 3.05) is 18.5 Å². The number of anilines is 1. The fraction of sp³-hybridized carbons (Fsp3) is 0.593. The number of aromatic nitrogens is 1. The summed E-state index contributed by atoms with van der Waals surface area (Å²) in [5.74, 6) is -1.47. The van der Waals surface area contributed by atoms with Crippen LogP contribution in [0.5, 0.6) is 5.75 Å². The number of nitrogens with zero attached hydrogens (tertiary/aromatic N) is 1. The Balaban J connectivity index is 1.84. The number of aryl methyl sites for hydroxylation is 2. The number of rotatable bonds is 12. The van der Waals surface area contributed by atoms with Crippen LogP contribution in [0.15, 0.2) is 18.2 Å². The van der Waals surface area contributed by atoms with E-state index < -0.39 is 31.8 Å². The van der Waals surface area contributed by atoms with Gasteiger partial charge in [0.2, 0.25) is 0 Å². The van der Waals surface area contributed by atoms with E-state index in [0.717, 1.165) is 29.7 Å². The standard InChI is InChI=1S/C27H41FN2O6SSi/c1-26(2,3)36-25(33)30-24-29-22(23(31)32)21(37-24)12-10-15-34-20-14-13-18(17-19(20)28)11-9-16-35-38(7,8)27(4,5)6/h13-14,17H,9-12,15-16H2,1-8H3,(H,31,32)(H,29,30,33). The molecule has 0 unspecified atom stereocenters. The number of nitrogens with one attached hydrogen (secondary N) is 1. The summed E-state index contributed by atoms with van der Waals surface area (Å²) in [6.45, 7) is 17.1. The number of halogens is 1. The number of amides is 1. The van der Waals surface area contributed by atoms with Gasteiger partial charge in [0.25, 0.3) is 0 Å². The van der Waals surface area contributed by atoms with Crippen LogP contribution in [0.4, 0.5) is 14.3 Å². The summed E-state index contributed by atoms with van der Waals surface area (Å²) in [7, 11) is -1.78. The van der Waals surface area contributed by atoms with E-state index in [0.29, 0.717) is 24.3 Å². The van der Waals surface area contributed by atoms with Crippen molar-refractivity contribution in [3.8, 4) is 5.75 Å². The molecule has 0 fully saturated rings. The van der Waals surface area contributed by atoms with Crippen LogP contribution < -0.4 is 10.1 Å². The summed E-state index contributed by atoms with van der Waals surface area (Å²) in [6.07, 6.45) is 1.62. The van der Waals surface area contributed by atoms with Crippen molar-refractivity contribution in [3.05, 3.63) is 40.2 Å². The van der Waals surface area contributed by atoms with E-state index in [1.54, 1.807) is 26.8 Å². The molecule has 2 rings (SSSR count). The molecule has 0 spiro atoms. The lowest BCUT2D eigenvalue weighted by Crippen LogP contribution is -2.41. The van der Waals surface area contributed by atoms with Gasteiger partial charge in [-0.3, -0.25) is 5.32 Å². The normalized spacial score (nSPS) is 12.3. The quantitative estimate of drug-likeness (QED) is 0.204. The number of carboxylic acid groups (broad SMARTS) is 1. The summed E-state index contributed by atoms with van der Waals surface area (Å²) in [4.78, 5) is 28.0. The van der Waals surface area contributed by atoms with E-state index in [4.69, 9.17) is 13.9 Å². The number of carbonyl (C=O) groups excluding carboxylic acids is 1. The summed E-state index contributed by atoms with van der Waals surface area (Å²) in [5, 5.41) is 12.2. The number of hydrogen-bond donors (Lipinski definition) is 2. The van der Waals surface area contributed by atoms with Gasteiger partial charge in [-0.15, -0.1) is 11.3 Å². The number of carbonyl (C=O) groups is 2. The zero-order valence-electron chi connectivity index (χ0n) is 23.7. The highest BCUT2D eigenvalue weighted by molar-refractivity contribution is 7.16. The average molecular weight is 569 g/mol. The first-order valence-corrected chi connectivity index (χ1v) is 16.5. The molecule has 1 heterocycles. The summed E-state index contributed by atoms with van der Waals surface area (Å²) in [5.41, 5.74) is 0.0626. The average Bonchev–Trinajstić information content (AvgIpc) is 3.16. The molecule has 38 heavy (non-hydrogen) atoms. The highest BCUT2D eigenvalue weighted by Gasteiger charge is 2.36. The van der Waals surface area contributed by atoms with Gasteiger partial charge in [0.1, 0.15) is 5.60 Å². The second-order valence-corrected chi connectivity index (χ2v) is 17.5. The zero-order valence-corrected chi connectivity index (χ0v) is 25.5. The Morgan fingerprint density at radius 3 is 2.32 bits per heavy atom. The molecular weight excluding hydrogens is 527 g/mol. The molecule has 8 nitrogen and oxygen atoms in total. The maximum absolute atomic E-state index is 14.6. The van der Waals surface area contributed by atoms with Crippen molar-refractivity contribution in [1.29, 1.82) is 0 Å². The topological polar surface area (TPSA) is 107 Å². The van der Waals surface area contributed by atoms with Gasteiger partial charge in [0, 0.05) is 11.5 Å². The first kappa shape index (κ1) is 31.7. The molecule has 0 aliphatic rings. The van der Waals surface area contributed by atoms with Gasteiger partial charge in [0.05, 0.1) is 6.61 Å². The molecule has 1 amide bonds. The van der Waals surface area contributed by atoms with E-state index in [9.17, 15) is 19.1 Å². The van der Waals surface area contributed by atoms with Crippen molar-refractivity contribution in [1.82, 2.24) is 4.98 Å². The SMILES string of the molecule is CC(C)(C)OC(=O)Nc1nc(C(=O)O)c(CCCOc2ccc(CCCO[Si](C)(C)C(C)(C)C)cc2F)s1. The minimum Gasteiger partial charge on any atom is -0.491 e. The van der Waals surface area contributed by atoms with E-state index in [2.05, 4.69) is 44.2 Å². The van der Waals surface area contributed by atoms with Crippen LogP contribution >= 0.6 is 11.3 Å². The Kier molecular flexibility index (Phi) is 10.9. The molecule has 2 N–H and O–H groups in total. The number of benzene rings is 1. The van der Waals surface area contributed by atoms with Crippen LogP contribution in [0.1, 0.15) is 75.3 Å². The first-order valence-electron chi connectivity index (χ1n) is 12.8. The molecule has 11 heteroatoms. The lowest BCUT2D eigenvalue weighted by molar-refractivity contribution is 0.0632. The summed E-state index contributed by atoms with van der Waals surface area (Å²) in [6, 6.07) is 4.96. The van der Waals surface area contributed by atoms with Crippen LogP contribution in [0.25, 0.3) is 0 Å². The van der Waals surface area contributed by atoms with Gasteiger partial charge in [0.15, 0.2) is 30.7 Å². The molecule has 1 aromatic heterocycles. The van der Waals surface area contributed by atoms with Gasteiger partial charge in [-0.25, -0.2) is 19.0 Å². The minimum atomic E-state index is -1.78. The molecule has 0 saturated carbocycles. The number of aromatic carboxylic acids is 1. The van der Waals surface area contributed by atoms with Gasteiger partial charge < -0.3 is 19.0 Å². The summed E-state index contributed by atoms with van der Waals surface area (Å²) >= 11 is 1.06. The van der Waals surface area contributed by atoms with Crippen molar-refractivity contribution in [2.45, 2.75) is 91.0 Å². The van der Waals surface area contributed by atoms with Crippen molar-refractivity contribution in [2.24, 2.45) is 0 Å². The van der Waals surface area contributed by atoms with Crippen molar-refractivity contribution >= 4 is 36.8 Å². The van der Waals surface area contributed by atoms with Crippen LogP contribution in [-0.2, 0) is 22.0 Å². The highest BCUT2D eigenvalue weighted by atomic mass is 32.1. The number of ether oxygens (including phenoxy) is 2. The van der Waals surface area contributed by atoms with Crippen LogP contribution in [0.3, 0.4) is 0 Å². The van der Waals surface area contributed by atoms with Gasteiger partial charge in [-0.05, 0) is 82.3 Å². The molecule has 0 bridgehead atoms. The van der Waals surface area contributed by atoms with Crippen LogP contribution in [-0.4, -0.2) is 49.3 Å².